The Kier molecular flexibility index (Phi) is 6.20. The van der Waals surface area contributed by atoms with E-state index in [0.29, 0.717) is 24.2 Å². The van der Waals surface area contributed by atoms with E-state index in [1.54, 1.807) is 12.1 Å². The fourth-order valence-electron chi connectivity index (χ4n) is 2.45. The number of hydrogen-bond donors (Lipinski definition) is 0. The molecule has 2 heteroatoms. The molecule has 0 aliphatic carbocycles. The van der Waals surface area contributed by atoms with Gasteiger partial charge < -0.3 is 4.90 Å². The van der Waals surface area contributed by atoms with Crippen LogP contribution >= 0.6 is 0 Å². The van der Waals surface area contributed by atoms with E-state index < -0.39 is 0 Å². The van der Waals surface area contributed by atoms with Gasteiger partial charge in [0, 0.05) is 18.7 Å². The molecule has 0 radical (unpaired) electrons. The number of amides is 1. The monoisotopic (exact) mass is 303 g/mol. The summed E-state index contributed by atoms with van der Waals surface area (Å²) in [5.41, 5.74) is 2.33. The largest absolute Gasteiger partial charge is 0.334 e. The van der Waals surface area contributed by atoms with E-state index in [9.17, 15) is 4.79 Å². The fourth-order valence-corrected chi connectivity index (χ4v) is 2.45. The van der Waals surface area contributed by atoms with Crippen LogP contribution in [-0.4, -0.2) is 17.4 Å². The molecule has 1 amide bonds. The van der Waals surface area contributed by atoms with Crippen LogP contribution in [0.25, 0.3) is 0 Å². The molecular weight excluding hydrogens is 282 g/mol. The Hall–Kier alpha value is -2.79. The van der Waals surface area contributed by atoms with Gasteiger partial charge in [0.1, 0.15) is 0 Å². The number of hydrogen-bond acceptors (Lipinski definition) is 1. The SMILES string of the molecule is C#Cc1ccccc1C(=O)N(CCCC=C)Cc1ccccc1. The molecule has 0 aliphatic heterocycles. The van der Waals surface area contributed by atoms with Crippen LogP contribution in [0.3, 0.4) is 0 Å². The fraction of sp³-hybridized carbons (Fsp3) is 0.190. The third-order valence-corrected chi connectivity index (χ3v) is 3.65. The number of benzene rings is 2. The zero-order chi connectivity index (χ0) is 16.5. The first-order chi connectivity index (χ1) is 11.3. The third-order valence-electron chi connectivity index (χ3n) is 3.65. The van der Waals surface area contributed by atoms with E-state index in [0.717, 1.165) is 18.4 Å². The Bertz CT molecular complexity index is 697. The van der Waals surface area contributed by atoms with Gasteiger partial charge in [0.25, 0.3) is 5.91 Å². The van der Waals surface area contributed by atoms with Crippen molar-refractivity contribution in [3.8, 4) is 12.3 Å². The summed E-state index contributed by atoms with van der Waals surface area (Å²) in [5, 5.41) is 0. The Morgan fingerprint density at radius 2 is 1.83 bits per heavy atom. The molecule has 2 aromatic rings. The molecule has 2 rings (SSSR count). The molecule has 0 atom stereocenters. The van der Waals surface area contributed by atoms with Gasteiger partial charge in [0.15, 0.2) is 0 Å². The summed E-state index contributed by atoms with van der Waals surface area (Å²) in [6.45, 7) is 5.00. The molecule has 23 heavy (non-hydrogen) atoms. The van der Waals surface area contributed by atoms with Gasteiger partial charge in [-0.1, -0.05) is 54.5 Å². The van der Waals surface area contributed by atoms with E-state index in [1.165, 1.54) is 0 Å². The minimum absolute atomic E-state index is 0.0218. The second kappa shape index (κ2) is 8.60. The first kappa shape index (κ1) is 16.6. The van der Waals surface area contributed by atoms with Crippen LogP contribution in [-0.2, 0) is 6.54 Å². The molecule has 0 aromatic heterocycles. The predicted octanol–water partition coefficient (Wildman–Crippen LogP) is 4.28. The van der Waals surface area contributed by atoms with Crippen LogP contribution in [0, 0.1) is 12.3 Å². The van der Waals surface area contributed by atoms with Gasteiger partial charge in [-0.05, 0) is 30.5 Å². The lowest BCUT2D eigenvalue weighted by Crippen LogP contribution is -2.32. The second-order valence-corrected chi connectivity index (χ2v) is 5.33. The Balaban J connectivity index is 2.23. The Labute approximate surface area is 138 Å². The van der Waals surface area contributed by atoms with Crippen molar-refractivity contribution >= 4 is 5.91 Å². The van der Waals surface area contributed by atoms with Crippen molar-refractivity contribution in [2.45, 2.75) is 19.4 Å². The van der Waals surface area contributed by atoms with Crippen LogP contribution in [0.2, 0.25) is 0 Å². The number of allylic oxidation sites excluding steroid dienone is 1. The van der Waals surface area contributed by atoms with Crippen LogP contribution in [0.15, 0.2) is 67.3 Å². The predicted molar refractivity (Wildman–Crippen MR) is 95.0 cm³/mol. The van der Waals surface area contributed by atoms with Crippen molar-refractivity contribution in [2.24, 2.45) is 0 Å². The summed E-state index contributed by atoms with van der Waals surface area (Å²) < 4.78 is 0. The summed E-state index contributed by atoms with van der Waals surface area (Å²) in [4.78, 5) is 14.8. The summed E-state index contributed by atoms with van der Waals surface area (Å²) in [6, 6.07) is 17.3. The van der Waals surface area contributed by atoms with Gasteiger partial charge in [-0.15, -0.1) is 13.0 Å². The van der Waals surface area contributed by atoms with Crippen molar-refractivity contribution in [1.29, 1.82) is 0 Å². The lowest BCUT2D eigenvalue weighted by Gasteiger charge is -2.23. The molecule has 116 valence electrons. The molecule has 0 fully saturated rings. The normalized spacial score (nSPS) is 9.87. The van der Waals surface area contributed by atoms with E-state index in [4.69, 9.17) is 6.42 Å². The summed E-state index contributed by atoms with van der Waals surface area (Å²) in [5.74, 6) is 2.58. The van der Waals surface area contributed by atoms with Crippen molar-refractivity contribution < 1.29 is 4.79 Å². The molecule has 0 saturated carbocycles. The van der Waals surface area contributed by atoms with E-state index in [1.807, 2.05) is 53.4 Å². The van der Waals surface area contributed by atoms with Gasteiger partial charge in [-0.3, -0.25) is 4.79 Å². The third kappa shape index (κ3) is 4.59. The maximum Gasteiger partial charge on any atom is 0.255 e. The van der Waals surface area contributed by atoms with Crippen molar-refractivity contribution in [1.82, 2.24) is 4.90 Å². The number of unbranched alkanes of at least 4 members (excludes halogenated alkanes) is 1. The van der Waals surface area contributed by atoms with E-state index in [-0.39, 0.29) is 5.91 Å². The first-order valence-corrected chi connectivity index (χ1v) is 7.76. The first-order valence-electron chi connectivity index (χ1n) is 7.76. The summed E-state index contributed by atoms with van der Waals surface area (Å²) in [7, 11) is 0. The van der Waals surface area contributed by atoms with Gasteiger partial charge in [0.05, 0.1) is 5.56 Å². The van der Waals surface area contributed by atoms with Crippen LogP contribution in [0.4, 0.5) is 0 Å². The zero-order valence-electron chi connectivity index (χ0n) is 13.2. The number of terminal acetylenes is 1. The van der Waals surface area contributed by atoms with Gasteiger partial charge in [-0.25, -0.2) is 0 Å². The average Bonchev–Trinajstić information content (AvgIpc) is 2.61. The molecule has 2 aromatic carbocycles. The van der Waals surface area contributed by atoms with Gasteiger partial charge in [0.2, 0.25) is 0 Å². The quantitative estimate of drug-likeness (QED) is 0.425. The van der Waals surface area contributed by atoms with Gasteiger partial charge in [-0.2, -0.15) is 0 Å². The van der Waals surface area contributed by atoms with Crippen LogP contribution in [0.5, 0.6) is 0 Å². The van der Waals surface area contributed by atoms with Crippen LogP contribution < -0.4 is 0 Å². The zero-order valence-corrected chi connectivity index (χ0v) is 13.2. The molecule has 0 saturated heterocycles. The molecule has 0 N–H and O–H groups in total. The smallest absolute Gasteiger partial charge is 0.255 e. The van der Waals surface area contributed by atoms with Crippen molar-refractivity contribution in [2.75, 3.05) is 6.54 Å². The summed E-state index contributed by atoms with van der Waals surface area (Å²) in [6.07, 6.45) is 9.18. The number of nitrogens with zero attached hydrogens (tertiary/aromatic N) is 1. The number of rotatable bonds is 7. The maximum atomic E-state index is 12.9. The highest BCUT2D eigenvalue weighted by atomic mass is 16.2. The highest BCUT2D eigenvalue weighted by molar-refractivity contribution is 5.96. The minimum atomic E-state index is -0.0218. The number of carbonyl (C=O) groups excluding carboxylic acids is 1. The highest BCUT2D eigenvalue weighted by Crippen LogP contribution is 2.14. The molecule has 0 aliphatic rings. The average molecular weight is 303 g/mol. The molecule has 0 spiro atoms. The lowest BCUT2D eigenvalue weighted by atomic mass is 10.1. The second-order valence-electron chi connectivity index (χ2n) is 5.33. The standard InChI is InChI=1S/C21H21NO/c1-3-5-11-16-22(17-18-12-7-6-8-13-18)21(23)20-15-10-9-14-19(20)4-2/h2-3,6-10,12-15H,1,5,11,16-17H2. The Morgan fingerprint density at radius 3 is 2.52 bits per heavy atom. The van der Waals surface area contributed by atoms with Gasteiger partial charge >= 0.3 is 0 Å². The topological polar surface area (TPSA) is 20.3 Å². The highest BCUT2D eigenvalue weighted by Gasteiger charge is 2.18. The molecule has 0 heterocycles. The molecule has 2 nitrogen and oxygen atoms in total. The summed E-state index contributed by atoms with van der Waals surface area (Å²) >= 11 is 0. The Morgan fingerprint density at radius 1 is 1.13 bits per heavy atom. The van der Waals surface area contributed by atoms with Crippen LogP contribution in [0.1, 0.15) is 34.3 Å². The minimum Gasteiger partial charge on any atom is -0.334 e. The maximum absolute atomic E-state index is 12.9. The van der Waals surface area contributed by atoms with Crippen molar-refractivity contribution in [3.05, 3.63) is 83.9 Å². The number of carbonyl (C=O) groups is 1. The molecule has 0 bridgehead atoms. The van der Waals surface area contributed by atoms with Crippen molar-refractivity contribution in [3.63, 3.8) is 0 Å². The van der Waals surface area contributed by atoms with E-state index >= 15 is 0 Å². The molecular formula is C21H21NO. The lowest BCUT2D eigenvalue weighted by molar-refractivity contribution is 0.0741. The molecule has 0 unspecified atom stereocenters. The van der Waals surface area contributed by atoms with E-state index in [2.05, 4.69) is 12.5 Å².